The van der Waals surface area contributed by atoms with E-state index in [2.05, 4.69) is 11.8 Å². The molecule has 0 spiro atoms. The molecule has 1 aliphatic heterocycles. The third-order valence-electron chi connectivity index (χ3n) is 2.21. The van der Waals surface area contributed by atoms with Crippen molar-refractivity contribution in [2.45, 2.75) is 38.2 Å². The maximum absolute atomic E-state index is 5.08. The van der Waals surface area contributed by atoms with Gasteiger partial charge in [-0.25, -0.2) is 0 Å². The van der Waals surface area contributed by atoms with Crippen molar-refractivity contribution in [3.8, 4) is 11.8 Å². The molecule has 1 heterocycles. The summed E-state index contributed by atoms with van der Waals surface area (Å²) < 4.78 is 5.08. The van der Waals surface area contributed by atoms with Crippen molar-refractivity contribution in [2.24, 2.45) is 5.92 Å². The van der Waals surface area contributed by atoms with Crippen LogP contribution in [0.2, 0.25) is 0 Å². The van der Waals surface area contributed by atoms with Crippen LogP contribution in [0.3, 0.4) is 0 Å². The molecule has 1 aliphatic carbocycles. The first-order valence-electron chi connectivity index (χ1n) is 4.52. The summed E-state index contributed by atoms with van der Waals surface area (Å²) in [6.07, 6.45) is 6.73. The van der Waals surface area contributed by atoms with Crippen LogP contribution in [0.1, 0.15) is 32.1 Å². The third kappa shape index (κ3) is 2.95. The van der Waals surface area contributed by atoms with E-state index in [1.54, 1.807) is 0 Å². The Balaban J connectivity index is 1.50. The van der Waals surface area contributed by atoms with Gasteiger partial charge in [-0.3, -0.25) is 0 Å². The summed E-state index contributed by atoms with van der Waals surface area (Å²) in [5.41, 5.74) is 0. The molecule has 0 radical (unpaired) electrons. The monoisotopic (exact) mass is 150 g/mol. The molecular formula is C10H14O. The topological polar surface area (TPSA) is 12.5 Å². The van der Waals surface area contributed by atoms with Crippen LogP contribution in [0.5, 0.6) is 0 Å². The average molecular weight is 150 g/mol. The highest BCUT2D eigenvalue weighted by atomic mass is 16.6. The Bertz CT molecular complexity index is 179. The second kappa shape index (κ2) is 3.28. The molecule has 1 saturated heterocycles. The Morgan fingerprint density at radius 2 is 2.09 bits per heavy atom. The van der Waals surface area contributed by atoms with Gasteiger partial charge in [0.15, 0.2) is 0 Å². The lowest BCUT2D eigenvalue weighted by Crippen LogP contribution is -1.81. The van der Waals surface area contributed by atoms with E-state index in [4.69, 9.17) is 4.74 Å². The fourth-order valence-corrected chi connectivity index (χ4v) is 1.09. The van der Waals surface area contributed by atoms with Crippen molar-refractivity contribution < 1.29 is 4.74 Å². The van der Waals surface area contributed by atoms with Crippen molar-refractivity contribution >= 4 is 0 Å². The first kappa shape index (κ1) is 7.18. The molecule has 0 unspecified atom stereocenters. The highest BCUT2D eigenvalue weighted by Gasteiger charge is 2.21. The molecule has 0 amide bonds. The highest BCUT2D eigenvalue weighted by molar-refractivity contribution is 5.02. The molecule has 2 fully saturated rings. The molecule has 11 heavy (non-hydrogen) atoms. The van der Waals surface area contributed by atoms with Crippen molar-refractivity contribution in [2.75, 3.05) is 6.61 Å². The maximum Gasteiger partial charge on any atom is 0.0819 e. The molecule has 1 nitrogen and oxygen atoms in total. The van der Waals surface area contributed by atoms with Gasteiger partial charge in [0.2, 0.25) is 0 Å². The van der Waals surface area contributed by atoms with Crippen LogP contribution >= 0.6 is 0 Å². The Labute approximate surface area is 68.1 Å². The Morgan fingerprint density at radius 1 is 1.27 bits per heavy atom. The molecule has 1 heteroatoms. The van der Waals surface area contributed by atoms with Gasteiger partial charge in [0, 0.05) is 12.8 Å². The first-order valence-corrected chi connectivity index (χ1v) is 4.52. The van der Waals surface area contributed by atoms with Crippen LogP contribution in [-0.4, -0.2) is 12.7 Å². The third-order valence-corrected chi connectivity index (χ3v) is 2.21. The minimum Gasteiger partial charge on any atom is -0.373 e. The Hall–Kier alpha value is -0.480. The van der Waals surface area contributed by atoms with Crippen LogP contribution in [-0.2, 0) is 4.74 Å². The van der Waals surface area contributed by atoms with Gasteiger partial charge in [0.05, 0.1) is 12.7 Å². The lowest BCUT2D eigenvalue weighted by molar-refractivity contribution is 0.399. The fraction of sp³-hybridized carbons (Fsp3) is 0.800. The Kier molecular flexibility index (Phi) is 2.14. The predicted octanol–water partition coefficient (Wildman–Crippen LogP) is 1.97. The smallest absolute Gasteiger partial charge is 0.0819 e. The van der Waals surface area contributed by atoms with Gasteiger partial charge >= 0.3 is 0 Å². The van der Waals surface area contributed by atoms with Gasteiger partial charge in [-0.15, -0.1) is 11.8 Å². The van der Waals surface area contributed by atoms with Gasteiger partial charge in [0.1, 0.15) is 0 Å². The van der Waals surface area contributed by atoms with E-state index in [0.717, 1.165) is 31.8 Å². The molecule has 1 saturated carbocycles. The van der Waals surface area contributed by atoms with E-state index in [-0.39, 0.29) is 0 Å². The second-order valence-corrected chi connectivity index (χ2v) is 3.50. The number of rotatable bonds is 3. The van der Waals surface area contributed by atoms with Crippen molar-refractivity contribution in [3.05, 3.63) is 0 Å². The maximum atomic E-state index is 5.08. The van der Waals surface area contributed by atoms with E-state index >= 15 is 0 Å². The van der Waals surface area contributed by atoms with Crippen molar-refractivity contribution in [1.29, 1.82) is 0 Å². The normalized spacial score (nSPS) is 27.5. The van der Waals surface area contributed by atoms with Gasteiger partial charge in [-0.1, -0.05) is 0 Å². The summed E-state index contributed by atoms with van der Waals surface area (Å²) in [4.78, 5) is 0. The molecule has 0 aromatic rings. The Morgan fingerprint density at radius 3 is 2.73 bits per heavy atom. The standard InChI is InChI=1S/C10H14O/c1(2-4-9-6-7-9)3-5-10-8-11-10/h9-10H,3-8H2/t10-/m1/s1. The number of hydrogen-bond acceptors (Lipinski definition) is 1. The van der Waals surface area contributed by atoms with E-state index in [1.807, 2.05) is 0 Å². The highest BCUT2D eigenvalue weighted by Crippen LogP contribution is 2.31. The van der Waals surface area contributed by atoms with E-state index in [0.29, 0.717) is 6.10 Å². The number of epoxide rings is 1. The van der Waals surface area contributed by atoms with Crippen molar-refractivity contribution in [1.82, 2.24) is 0 Å². The summed E-state index contributed by atoms with van der Waals surface area (Å²) in [6.45, 7) is 0.976. The quantitative estimate of drug-likeness (QED) is 0.442. The number of ether oxygens (including phenoxy) is 1. The lowest BCUT2D eigenvalue weighted by Gasteiger charge is -1.84. The predicted molar refractivity (Wildman–Crippen MR) is 44.1 cm³/mol. The van der Waals surface area contributed by atoms with Gasteiger partial charge in [-0.05, 0) is 25.2 Å². The minimum absolute atomic E-state index is 0.560. The number of hydrogen-bond donors (Lipinski definition) is 0. The second-order valence-electron chi connectivity index (χ2n) is 3.50. The summed E-state index contributed by atoms with van der Waals surface area (Å²) >= 11 is 0. The molecule has 0 N–H and O–H groups in total. The zero-order valence-corrected chi connectivity index (χ0v) is 6.81. The fourth-order valence-electron chi connectivity index (χ4n) is 1.09. The van der Waals surface area contributed by atoms with Gasteiger partial charge in [-0.2, -0.15) is 0 Å². The van der Waals surface area contributed by atoms with E-state index in [1.165, 1.54) is 12.8 Å². The van der Waals surface area contributed by atoms with Crippen LogP contribution < -0.4 is 0 Å². The summed E-state index contributed by atoms with van der Waals surface area (Å²) in [5.74, 6) is 7.38. The van der Waals surface area contributed by atoms with Gasteiger partial charge < -0.3 is 4.74 Å². The molecular weight excluding hydrogens is 136 g/mol. The zero-order valence-electron chi connectivity index (χ0n) is 6.81. The van der Waals surface area contributed by atoms with Crippen LogP contribution in [0.4, 0.5) is 0 Å². The van der Waals surface area contributed by atoms with E-state index < -0.39 is 0 Å². The molecule has 2 rings (SSSR count). The molecule has 60 valence electrons. The molecule has 1 atom stereocenters. The molecule has 0 aromatic carbocycles. The summed E-state index contributed by atoms with van der Waals surface area (Å²) in [6, 6.07) is 0. The van der Waals surface area contributed by atoms with Crippen LogP contribution in [0, 0.1) is 17.8 Å². The largest absolute Gasteiger partial charge is 0.373 e. The average Bonchev–Trinajstić information content (AvgIpc) is 2.83. The minimum atomic E-state index is 0.560. The van der Waals surface area contributed by atoms with Crippen LogP contribution in [0.15, 0.2) is 0 Å². The molecule has 0 bridgehead atoms. The van der Waals surface area contributed by atoms with E-state index in [9.17, 15) is 0 Å². The molecule has 0 aromatic heterocycles. The molecule has 2 aliphatic rings. The van der Waals surface area contributed by atoms with Crippen molar-refractivity contribution in [3.63, 3.8) is 0 Å². The summed E-state index contributed by atoms with van der Waals surface area (Å²) in [7, 11) is 0. The van der Waals surface area contributed by atoms with Crippen LogP contribution in [0.25, 0.3) is 0 Å². The lowest BCUT2D eigenvalue weighted by atomic mass is 10.2. The zero-order chi connectivity index (χ0) is 7.52. The van der Waals surface area contributed by atoms with Gasteiger partial charge in [0.25, 0.3) is 0 Å². The first-order chi connectivity index (χ1) is 5.45. The SMILES string of the molecule is C(#CCC1CC1)CC[C@@H]1CO1. The summed E-state index contributed by atoms with van der Waals surface area (Å²) in [5, 5.41) is 0.